The van der Waals surface area contributed by atoms with E-state index in [1.165, 1.54) is 64.1 Å². The number of nitrogens with one attached hydrogen (secondary N) is 1. The maximum Gasteiger partial charge on any atom is 0.0562 e. The molecule has 2 aliphatic heterocycles. The van der Waals surface area contributed by atoms with Crippen LogP contribution in [0.4, 0.5) is 5.69 Å². The Labute approximate surface area is 128 Å². The first kappa shape index (κ1) is 14.8. The van der Waals surface area contributed by atoms with Crippen LogP contribution in [0.25, 0.3) is 0 Å². The van der Waals surface area contributed by atoms with Gasteiger partial charge in [0.05, 0.1) is 5.69 Å². The monoisotopic (exact) mass is 288 g/mol. The zero-order valence-electron chi connectivity index (χ0n) is 13.2. The highest BCUT2D eigenvalue weighted by molar-refractivity contribution is 5.46. The van der Waals surface area contributed by atoms with Crippen LogP contribution in [-0.2, 0) is 6.54 Å². The number of likely N-dealkylation sites (tertiary alicyclic amines) is 1. The SMILES string of the molecule is CNCc1cc(N2CCC(CN3CCCC3)CC2)ccn1. The summed E-state index contributed by atoms with van der Waals surface area (Å²) in [5.74, 6) is 0.901. The number of nitrogens with zero attached hydrogens (tertiary/aromatic N) is 3. The maximum absolute atomic E-state index is 4.41. The molecule has 1 aromatic heterocycles. The molecule has 0 amide bonds. The summed E-state index contributed by atoms with van der Waals surface area (Å²) in [4.78, 5) is 9.61. The van der Waals surface area contributed by atoms with Crippen LogP contribution in [0, 0.1) is 5.92 Å². The molecule has 1 aromatic rings. The van der Waals surface area contributed by atoms with Gasteiger partial charge in [0.25, 0.3) is 0 Å². The van der Waals surface area contributed by atoms with Crippen LogP contribution in [0.5, 0.6) is 0 Å². The van der Waals surface area contributed by atoms with Gasteiger partial charge in [0, 0.05) is 38.1 Å². The zero-order valence-corrected chi connectivity index (χ0v) is 13.2. The Bertz CT molecular complexity index is 434. The molecule has 4 heteroatoms. The van der Waals surface area contributed by atoms with Crippen molar-refractivity contribution in [3.63, 3.8) is 0 Å². The lowest BCUT2D eigenvalue weighted by Crippen LogP contribution is -2.38. The third-order valence-electron chi connectivity index (χ3n) is 4.85. The third-order valence-corrected chi connectivity index (χ3v) is 4.85. The second-order valence-electron chi connectivity index (χ2n) is 6.47. The summed E-state index contributed by atoms with van der Waals surface area (Å²) in [6.45, 7) is 7.23. The highest BCUT2D eigenvalue weighted by Crippen LogP contribution is 2.25. The van der Waals surface area contributed by atoms with E-state index in [0.29, 0.717) is 0 Å². The molecule has 3 rings (SSSR count). The maximum atomic E-state index is 4.41. The molecule has 0 unspecified atom stereocenters. The highest BCUT2D eigenvalue weighted by atomic mass is 15.2. The van der Waals surface area contributed by atoms with Crippen molar-refractivity contribution in [3.8, 4) is 0 Å². The van der Waals surface area contributed by atoms with Crippen molar-refractivity contribution in [2.75, 3.05) is 44.7 Å². The number of pyridine rings is 1. The summed E-state index contributed by atoms with van der Waals surface area (Å²) in [5, 5.41) is 3.18. The molecule has 0 bridgehead atoms. The molecule has 116 valence electrons. The summed E-state index contributed by atoms with van der Waals surface area (Å²) in [6.07, 6.45) is 7.42. The molecule has 3 heterocycles. The lowest BCUT2D eigenvalue weighted by Gasteiger charge is -2.35. The second kappa shape index (κ2) is 7.23. The Morgan fingerprint density at radius 1 is 1.19 bits per heavy atom. The summed E-state index contributed by atoms with van der Waals surface area (Å²) < 4.78 is 0. The molecule has 0 atom stereocenters. The van der Waals surface area contributed by atoms with E-state index in [4.69, 9.17) is 0 Å². The minimum atomic E-state index is 0.846. The fourth-order valence-corrected chi connectivity index (χ4v) is 3.64. The topological polar surface area (TPSA) is 31.4 Å². The van der Waals surface area contributed by atoms with Gasteiger partial charge in [0.1, 0.15) is 0 Å². The molecule has 0 radical (unpaired) electrons. The van der Waals surface area contributed by atoms with E-state index in [9.17, 15) is 0 Å². The van der Waals surface area contributed by atoms with Crippen molar-refractivity contribution >= 4 is 5.69 Å². The third kappa shape index (κ3) is 3.95. The summed E-state index contributed by atoms with van der Waals surface area (Å²) >= 11 is 0. The van der Waals surface area contributed by atoms with Gasteiger partial charge >= 0.3 is 0 Å². The standard InChI is InChI=1S/C17H28N4/c1-18-13-16-12-17(4-7-19-16)21-10-5-15(6-11-21)14-20-8-2-3-9-20/h4,7,12,15,18H,2-3,5-6,8-11,13-14H2,1H3. The van der Waals surface area contributed by atoms with Crippen molar-refractivity contribution in [2.24, 2.45) is 5.92 Å². The molecule has 2 saturated heterocycles. The molecule has 21 heavy (non-hydrogen) atoms. The van der Waals surface area contributed by atoms with Crippen molar-refractivity contribution in [1.29, 1.82) is 0 Å². The van der Waals surface area contributed by atoms with Gasteiger partial charge in [-0.05, 0) is 63.9 Å². The Kier molecular flexibility index (Phi) is 5.09. The highest BCUT2D eigenvalue weighted by Gasteiger charge is 2.23. The van der Waals surface area contributed by atoms with Gasteiger partial charge < -0.3 is 15.1 Å². The number of aromatic nitrogens is 1. The van der Waals surface area contributed by atoms with Gasteiger partial charge in [-0.2, -0.15) is 0 Å². The first-order valence-corrected chi connectivity index (χ1v) is 8.42. The van der Waals surface area contributed by atoms with Gasteiger partial charge in [-0.1, -0.05) is 0 Å². The van der Waals surface area contributed by atoms with E-state index in [1.807, 2.05) is 13.2 Å². The largest absolute Gasteiger partial charge is 0.371 e. The van der Waals surface area contributed by atoms with Crippen LogP contribution in [0.1, 0.15) is 31.4 Å². The van der Waals surface area contributed by atoms with Crippen LogP contribution < -0.4 is 10.2 Å². The molecular formula is C17H28N4. The summed E-state index contributed by atoms with van der Waals surface area (Å²) in [6, 6.07) is 4.39. The van der Waals surface area contributed by atoms with Crippen LogP contribution in [0.2, 0.25) is 0 Å². The predicted molar refractivity (Wildman–Crippen MR) is 87.6 cm³/mol. The van der Waals surface area contributed by atoms with Crippen molar-refractivity contribution in [1.82, 2.24) is 15.2 Å². The zero-order chi connectivity index (χ0) is 14.5. The summed E-state index contributed by atoms with van der Waals surface area (Å²) in [5.41, 5.74) is 2.48. The normalized spacial score (nSPS) is 21.1. The van der Waals surface area contributed by atoms with Gasteiger partial charge in [-0.15, -0.1) is 0 Å². The Morgan fingerprint density at radius 2 is 1.95 bits per heavy atom. The molecule has 0 saturated carbocycles. The molecule has 4 nitrogen and oxygen atoms in total. The quantitative estimate of drug-likeness (QED) is 0.899. The minimum Gasteiger partial charge on any atom is -0.371 e. The predicted octanol–water partition coefficient (Wildman–Crippen LogP) is 2.11. The lowest BCUT2D eigenvalue weighted by atomic mass is 9.96. The van der Waals surface area contributed by atoms with Gasteiger partial charge in [-0.3, -0.25) is 4.98 Å². The molecule has 1 N–H and O–H groups in total. The van der Waals surface area contributed by atoms with E-state index in [0.717, 1.165) is 18.2 Å². The van der Waals surface area contributed by atoms with E-state index in [2.05, 4.69) is 32.2 Å². The van der Waals surface area contributed by atoms with Crippen molar-refractivity contribution in [3.05, 3.63) is 24.0 Å². The van der Waals surface area contributed by atoms with Gasteiger partial charge in [-0.25, -0.2) is 0 Å². The van der Waals surface area contributed by atoms with Gasteiger partial charge in [0.15, 0.2) is 0 Å². The molecule has 0 aromatic carbocycles. The minimum absolute atomic E-state index is 0.846. The van der Waals surface area contributed by atoms with Crippen molar-refractivity contribution < 1.29 is 0 Å². The fraction of sp³-hybridized carbons (Fsp3) is 0.706. The van der Waals surface area contributed by atoms with E-state index in [1.54, 1.807) is 0 Å². The van der Waals surface area contributed by atoms with E-state index in [-0.39, 0.29) is 0 Å². The average Bonchev–Trinajstić information content (AvgIpc) is 3.02. The number of anilines is 1. The Balaban J connectivity index is 1.51. The van der Waals surface area contributed by atoms with E-state index < -0.39 is 0 Å². The molecule has 0 aliphatic carbocycles. The Morgan fingerprint density at radius 3 is 2.67 bits per heavy atom. The summed E-state index contributed by atoms with van der Waals surface area (Å²) in [7, 11) is 1.97. The van der Waals surface area contributed by atoms with Crippen molar-refractivity contribution in [2.45, 2.75) is 32.2 Å². The molecule has 2 aliphatic rings. The van der Waals surface area contributed by atoms with Crippen LogP contribution in [0.15, 0.2) is 18.3 Å². The molecule has 2 fully saturated rings. The molecular weight excluding hydrogens is 260 g/mol. The number of hydrogen-bond donors (Lipinski definition) is 1. The number of hydrogen-bond acceptors (Lipinski definition) is 4. The first-order valence-electron chi connectivity index (χ1n) is 8.42. The number of piperidine rings is 1. The van der Waals surface area contributed by atoms with Gasteiger partial charge in [0.2, 0.25) is 0 Å². The van der Waals surface area contributed by atoms with Crippen LogP contribution in [-0.4, -0.2) is 49.7 Å². The molecule has 0 spiro atoms. The van der Waals surface area contributed by atoms with Crippen LogP contribution in [0.3, 0.4) is 0 Å². The second-order valence-corrected chi connectivity index (χ2v) is 6.47. The first-order chi connectivity index (χ1) is 10.3. The Hall–Kier alpha value is -1.13. The smallest absolute Gasteiger partial charge is 0.0562 e. The lowest BCUT2D eigenvalue weighted by molar-refractivity contribution is 0.249. The average molecular weight is 288 g/mol. The fourth-order valence-electron chi connectivity index (χ4n) is 3.64. The number of rotatable bonds is 5. The van der Waals surface area contributed by atoms with Crippen LogP contribution >= 0.6 is 0 Å². The van der Waals surface area contributed by atoms with E-state index >= 15 is 0 Å².